The third-order valence-electron chi connectivity index (χ3n) is 4.32. The number of rotatable bonds is 5. The van der Waals surface area contributed by atoms with Crippen molar-refractivity contribution in [1.29, 1.82) is 0 Å². The van der Waals surface area contributed by atoms with E-state index in [0.29, 0.717) is 22.0 Å². The van der Waals surface area contributed by atoms with Crippen LogP contribution in [0.25, 0.3) is 11.3 Å². The maximum Gasteiger partial charge on any atom is 0.265 e. The molecule has 0 aliphatic carbocycles. The molecule has 0 saturated carbocycles. The quantitative estimate of drug-likeness (QED) is 0.662. The molecule has 8 heteroatoms. The molecule has 0 unspecified atom stereocenters. The summed E-state index contributed by atoms with van der Waals surface area (Å²) in [6.07, 6.45) is 0. The van der Waals surface area contributed by atoms with Crippen LogP contribution in [0.4, 0.5) is 5.69 Å². The molecule has 0 fully saturated rings. The second kappa shape index (κ2) is 7.25. The van der Waals surface area contributed by atoms with Gasteiger partial charge in [-0.05, 0) is 56.7 Å². The van der Waals surface area contributed by atoms with E-state index in [1.807, 2.05) is 13.8 Å². The van der Waals surface area contributed by atoms with Crippen LogP contribution >= 0.6 is 11.6 Å². The lowest BCUT2D eigenvalue weighted by Crippen LogP contribution is -2.15. The average Bonchev–Trinajstić information content (AvgIpc) is 2.96. The van der Waals surface area contributed by atoms with Gasteiger partial charge in [0.1, 0.15) is 10.6 Å². The molecule has 0 amide bonds. The zero-order valence-corrected chi connectivity index (χ0v) is 16.9. The Morgan fingerprint density at radius 1 is 1.11 bits per heavy atom. The summed E-state index contributed by atoms with van der Waals surface area (Å²) in [5.74, 6) is 0.741. The number of hydrogen-bond donors (Lipinski definition) is 1. The fourth-order valence-electron chi connectivity index (χ4n) is 2.62. The van der Waals surface area contributed by atoms with Gasteiger partial charge in [0.25, 0.3) is 10.0 Å². The molecule has 0 bridgehead atoms. The molecule has 3 aromatic rings. The standard InChI is InChI=1S/C19H19ClN2O4S/c1-11-5-7-15(20)10-16(11)22-27(23,24)18-9-14(6-8-17(18)25-4)19-12(2)13(3)21-26-19/h5-10,22H,1-4H3. The normalized spacial score (nSPS) is 11.4. The van der Waals surface area contributed by atoms with Gasteiger partial charge in [-0.1, -0.05) is 22.8 Å². The number of sulfonamides is 1. The van der Waals surface area contributed by atoms with Gasteiger partial charge in [-0.2, -0.15) is 0 Å². The van der Waals surface area contributed by atoms with Crippen molar-refractivity contribution in [3.8, 4) is 17.1 Å². The Labute approximate surface area is 163 Å². The molecular weight excluding hydrogens is 388 g/mol. The van der Waals surface area contributed by atoms with Gasteiger partial charge in [0.15, 0.2) is 5.76 Å². The fraction of sp³-hybridized carbons (Fsp3) is 0.211. The van der Waals surface area contributed by atoms with Crippen LogP contribution in [-0.4, -0.2) is 20.7 Å². The predicted octanol–water partition coefficient (Wildman–Crippen LogP) is 4.73. The van der Waals surface area contributed by atoms with E-state index < -0.39 is 10.0 Å². The first-order valence-corrected chi connectivity index (χ1v) is 9.99. The van der Waals surface area contributed by atoms with Crippen LogP contribution in [-0.2, 0) is 10.0 Å². The molecule has 1 aromatic heterocycles. The molecule has 2 aromatic carbocycles. The smallest absolute Gasteiger partial charge is 0.265 e. The molecule has 3 rings (SSSR count). The van der Waals surface area contributed by atoms with Gasteiger partial charge >= 0.3 is 0 Å². The van der Waals surface area contributed by atoms with E-state index >= 15 is 0 Å². The van der Waals surface area contributed by atoms with Gasteiger partial charge in [-0.15, -0.1) is 0 Å². The van der Waals surface area contributed by atoms with Crippen LogP contribution in [0.5, 0.6) is 5.75 Å². The molecule has 142 valence electrons. The third-order valence-corrected chi connectivity index (χ3v) is 5.94. The average molecular weight is 407 g/mol. The van der Waals surface area contributed by atoms with Crippen LogP contribution in [0.2, 0.25) is 5.02 Å². The molecule has 0 atom stereocenters. The molecule has 6 nitrogen and oxygen atoms in total. The van der Waals surface area contributed by atoms with Crippen LogP contribution in [0.1, 0.15) is 16.8 Å². The van der Waals surface area contributed by atoms with E-state index in [4.69, 9.17) is 20.9 Å². The number of aryl methyl sites for hydroxylation is 2. The van der Waals surface area contributed by atoms with Crippen molar-refractivity contribution in [1.82, 2.24) is 5.16 Å². The van der Waals surface area contributed by atoms with Crippen LogP contribution in [0.15, 0.2) is 45.8 Å². The molecule has 0 radical (unpaired) electrons. The predicted molar refractivity (Wildman–Crippen MR) is 105 cm³/mol. The van der Waals surface area contributed by atoms with Crippen molar-refractivity contribution in [2.45, 2.75) is 25.7 Å². The van der Waals surface area contributed by atoms with E-state index in [9.17, 15) is 8.42 Å². The molecule has 1 N–H and O–H groups in total. The van der Waals surface area contributed by atoms with Gasteiger partial charge in [0.05, 0.1) is 18.5 Å². The van der Waals surface area contributed by atoms with Crippen molar-refractivity contribution < 1.29 is 17.7 Å². The molecular formula is C19H19ClN2O4S. The molecule has 0 aliphatic rings. The number of aromatic nitrogens is 1. The Hall–Kier alpha value is -2.51. The minimum atomic E-state index is -3.93. The van der Waals surface area contributed by atoms with Gasteiger partial charge in [0.2, 0.25) is 0 Å². The zero-order valence-electron chi connectivity index (χ0n) is 15.3. The lowest BCUT2D eigenvalue weighted by molar-refractivity contribution is 0.402. The molecule has 27 heavy (non-hydrogen) atoms. The Morgan fingerprint density at radius 3 is 2.48 bits per heavy atom. The van der Waals surface area contributed by atoms with Crippen molar-refractivity contribution >= 4 is 27.3 Å². The largest absolute Gasteiger partial charge is 0.495 e. The minimum absolute atomic E-state index is 0.00433. The second-order valence-electron chi connectivity index (χ2n) is 6.15. The van der Waals surface area contributed by atoms with Crippen molar-refractivity contribution in [3.63, 3.8) is 0 Å². The first kappa shape index (κ1) is 19.3. The number of halogens is 1. The Bertz CT molecular complexity index is 1110. The first-order valence-electron chi connectivity index (χ1n) is 8.13. The summed E-state index contributed by atoms with van der Waals surface area (Å²) in [6.45, 7) is 5.49. The van der Waals surface area contributed by atoms with Gasteiger partial charge in [0, 0.05) is 16.1 Å². The number of ether oxygens (including phenoxy) is 1. The van der Waals surface area contributed by atoms with Crippen LogP contribution < -0.4 is 9.46 Å². The summed E-state index contributed by atoms with van der Waals surface area (Å²) in [5.41, 5.74) is 3.35. The number of hydrogen-bond acceptors (Lipinski definition) is 5. The Kier molecular flexibility index (Phi) is 5.17. The van der Waals surface area contributed by atoms with Crippen molar-refractivity contribution in [3.05, 3.63) is 58.2 Å². The summed E-state index contributed by atoms with van der Waals surface area (Å²) in [6, 6.07) is 9.84. The monoisotopic (exact) mass is 406 g/mol. The fourth-order valence-corrected chi connectivity index (χ4v) is 4.11. The molecule has 0 aliphatic heterocycles. The van der Waals surface area contributed by atoms with E-state index in [1.54, 1.807) is 37.3 Å². The summed E-state index contributed by atoms with van der Waals surface area (Å²) in [7, 11) is -2.51. The summed E-state index contributed by atoms with van der Waals surface area (Å²) >= 11 is 6.00. The topological polar surface area (TPSA) is 81.4 Å². The summed E-state index contributed by atoms with van der Waals surface area (Å²) in [4.78, 5) is -0.00433. The van der Waals surface area contributed by atoms with Crippen molar-refractivity contribution in [2.75, 3.05) is 11.8 Å². The molecule has 0 spiro atoms. The number of benzene rings is 2. The number of methoxy groups -OCH3 is 1. The SMILES string of the molecule is COc1ccc(-c2onc(C)c2C)cc1S(=O)(=O)Nc1cc(Cl)ccc1C. The highest BCUT2D eigenvalue weighted by Crippen LogP contribution is 2.33. The highest BCUT2D eigenvalue weighted by Gasteiger charge is 2.23. The van der Waals surface area contributed by atoms with E-state index in [2.05, 4.69) is 9.88 Å². The van der Waals surface area contributed by atoms with Crippen molar-refractivity contribution in [2.24, 2.45) is 0 Å². The van der Waals surface area contributed by atoms with E-state index in [0.717, 1.165) is 16.8 Å². The lowest BCUT2D eigenvalue weighted by Gasteiger charge is -2.14. The third kappa shape index (κ3) is 3.79. The lowest BCUT2D eigenvalue weighted by atomic mass is 10.1. The maximum atomic E-state index is 13.0. The van der Waals surface area contributed by atoms with E-state index in [-0.39, 0.29) is 10.6 Å². The molecule has 1 heterocycles. The minimum Gasteiger partial charge on any atom is -0.495 e. The first-order chi connectivity index (χ1) is 12.7. The highest BCUT2D eigenvalue weighted by molar-refractivity contribution is 7.92. The number of anilines is 1. The van der Waals surface area contributed by atoms with E-state index in [1.165, 1.54) is 13.2 Å². The number of nitrogens with one attached hydrogen (secondary N) is 1. The maximum absolute atomic E-state index is 13.0. The highest BCUT2D eigenvalue weighted by atomic mass is 35.5. The van der Waals surface area contributed by atoms with Gasteiger partial charge in [-0.3, -0.25) is 4.72 Å². The zero-order chi connectivity index (χ0) is 19.8. The summed E-state index contributed by atoms with van der Waals surface area (Å²) < 4.78 is 39.3. The van der Waals surface area contributed by atoms with Gasteiger partial charge < -0.3 is 9.26 Å². The van der Waals surface area contributed by atoms with Crippen LogP contribution in [0.3, 0.4) is 0 Å². The Balaban J connectivity index is 2.09. The summed E-state index contributed by atoms with van der Waals surface area (Å²) in [5, 5.41) is 4.37. The van der Waals surface area contributed by atoms with Crippen LogP contribution in [0, 0.1) is 20.8 Å². The van der Waals surface area contributed by atoms with Gasteiger partial charge in [-0.25, -0.2) is 8.42 Å². The number of nitrogens with zero attached hydrogens (tertiary/aromatic N) is 1. The molecule has 0 saturated heterocycles. The second-order valence-corrected chi connectivity index (χ2v) is 8.24. The Morgan fingerprint density at radius 2 is 1.85 bits per heavy atom.